The van der Waals surface area contributed by atoms with Gasteiger partial charge < -0.3 is 15.0 Å². The van der Waals surface area contributed by atoms with Crippen LogP contribution in [0.25, 0.3) is 0 Å². The highest BCUT2D eigenvalue weighted by Crippen LogP contribution is 2.27. The van der Waals surface area contributed by atoms with Gasteiger partial charge in [0.25, 0.3) is 11.6 Å². The zero-order valence-electron chi connectivity index (χ0n) is 14.9. The van der Waals surface area contributed by atoms with Crippen LogP contribution in [0.1, 0.15) is 28.9 Å². The number of benzene rings is 2. The van der Waals surface area contributed by atoms with Gasteiger partial charge in [0.05, 0.1) is 35.4 Å². The summed E-state index contributed by atoms with van der Waals surface area (Å²) in [5, 5.41) is 14.7. The molecule has 2 aromatic carbocycles. The molecule has 1 atom stereocenters. The Balaban J connectivity index is 1.87. The third kappa shape index (κ3) is 4.56. The molecule has 0 aromatic heterocycles. The second kappa shape index (κ2) is 8.37. The van der Waals surface area contributed by atoms with E-state index in [9.17, 15) is 14.9 Å². The number of hydrogen-bond acceptors (Lipinski definition) is 5. The Morgan fingerprint density at radius 1 is 1.22 bits per heavy atom. The molecular weight excluding hydrogens is 370 g/mol. The van der Waals surface area contributed by atoms with Crippen molar-refractivity contribution in [1.29, 1.82) is 0 Å². The highest BCUT2D eigenvalue weighted by atomic mass is 35.5. The van der Waals surface area contributed by atoms with E-state index < -0.39 is 4.92 Å². The van der Waals surface area contributed by atoms with Crippen LogP contribution in [0.5, 0.6) is 0 Å². The first kappa shape index (κ1) is 19.1. The number of rotatable bonds is 5. The molecule has 0 bridgehead atoms. The maximum atomic E-state index is 12.9. The largest absolute Gasteiger partial charge is 0.378 e. The molecule has 27 heavy (non-hydrogen) atoms. The Morgan fingerprint density at radius 2 is 1.89 bits per heavy atom. The number of nitrogens with one attached hydrogen (secondary N) is 1. The number of morpholine rings is 1. The number of amides is 1. The molecule has 1 aliphatic heterocycles. The van der Waals surface area contributed by atoms with Gasteiger partial charge in [-0.15, -0.1) is 0 Å². The molecule has 0 radical (unpaired) electrons. The quantitative estimate of drug-likeness (QED) is 0.624. The number of carbonyl (C=O) groups excluding carboxylic acids is 1. The number of non-ortho nitro benzene ring substituents is 1. The van der Waals surface area contributed by atoms with Gasteiger partial charge in [0.1, 0.15) is 0 Å². The van der Waals surface area contributed by atoms with Crippen molar-refractivity contribution in [2.75, 3.05) is 31.2 Å². The van der Waals surface area contributed by atoms with E-state index in [4.69, 9.17) is 16.3 Å². The minimum atomic E-state index is -0.498. The van der Waals surface area contributed by atoms with Gasteiger partial charge in [-0.2, -0.15) is 0 Å². The fraction of sp³-hybridized carbons (Fsp3) is 0.316. The molecule has 3 rings (SSSR count). The van der Waals surface area contributed by atoms with Crippen molar-refractivity contribution in [2.45, 2.75) is 13.0 Å². The molecule has 1 aliphatic rings. The Bertz CT molecular complexity index is 835. The summed E-state index contributed by atoms with van der Waals surface area (Å²) in [7, 11) is 0. The van der Waals surface area contributed by atoms with Crippen LogP contribution in [-0.2, 0) is 4.74 Å². The minimum absolute atomic E-state index is 0.115. The third-order valence-corrected chi connectivity index (χ3v) is 4.76. The van der Waals surface area contributed by atoms with E-state index in [2.05, 4.69) is 5.32 Å². The highest BCUT2D eigenvalue weighted by Gasteiger charge is 2.23. The molecule has 1 amide bonds. The number of hydrogen-bond donors (Lipinski definition) is 1. The topological polar surface area (TPSA) is 84.7 Å². The summed E-state index contributed by atoms with van der Waals surface area (Å²) in [5.74, 6) is -0.359. The first-order chi connectivity index (χ1) is 13.0. The summed E-state index contributed by atoms with van der Waals surface area (Å²) in [5.41, 5.74) is 1.74. The number of nitro groups is 1. The van der Waals surface area contributed by atoms with Gasteiger partial charge in [-0.25, -0.2) is 0 Å². The van der Waals surface area contributed by atoms with E-state index in [1.54, 1.807) is 18.2 Å². The van der Waals surface area contributed by atoms with Crippen LogP contribution in [-0.4, -0.2) is 37.1 Å². The lowest BCUT2D eigenvalue weighted by Gasteiger charge is -2.30. The molecule has 0 saturated carbocycles. The molecule has 0 unspecified atom stereocenters. The second-order valence-corrected chi connectivity index (χ2v) is 6.74. The number of halogens is 1. The highest BCUT2D eigenvalue weighted by molar-refractivity contribution is 6.30. The summed E-state index contributed by atoms with van der Waals surface area (Å²) in [6, 6.07) is 11.3. The first-order valence-corrected chi connectivity index (χ1v) is 9.01. The van der Waals surface area contributed by atoms with Crippen molar-refractivity contribution in [1.82, 2.24) is 5.32 Å². The zero-order valence-corrected chi connectivity index (χ0v) is 15.6. The molecule has 0 spiro atoms. The lowest BCUT2D eigenvalue weighted by atomic mass is 10.1. The average molecular weight is 390 g/mol. The minimum Gasteiger partial charge on any atom is -0.378 e. The van der Waals surface area contributed by atoms with Gasteiger partial charge in [-0.05, 0) is 30.7 Å². The Morgan fingerprint density at radius 3 is 2.52 bits per heavy atom. The number of nitrogens with zero attached hydrogens (tertiary/aromatic N) is 2. The van der Waals surface area contributed by atoms with Gasteiger partial charge in [-0.3, -0.25) is 14.9 Å². The van der Waals surface area contributed by atoms with Crippen LogP contribution < -0.4 is 10.2 Å². The third-order valence-electron chi connectivity index (χ3n) is 4.50. The number of anilines is 1. The van der Waals surface area contributed by atoms with E-state index in [0.717, 1.165) is 5.56 Å². The maximum Gasteiger partial charge on any atom is 0.270 e. The van der Waals surface area contributed by atoms with E-state index >= 15 is 0 Å². The van der Waals surface area contributed by atoms with Gasteiger partial charge >= 0.3 is 0 Å². The van der Waals surface area contributed by atoms with Gasteiger partial charge in [0.15, 0.2) is 0 Å². The Labute approximate surface area is 162 Å². The molecule has 142 valence electrons. The van der Waals surface area contributed by atoms with Crippen LogP contribution in [0.15, 0.2) is 42.5 Å². The standard InChI is InChI=1S/C19H20ClN3O4/c1-13(14-2-4-15(20)5-3-14)21-19(24)17-12-16(23(25)26)6-7-18(17)22-8-10-27-11-9-22/h2-7,12-13H,8-11H2,1H3,(H,21,24)/t13-/m1/s1. The maximum absolute atomic E-state index is 12.9. The average Bonchev–Trinajstić information content (AvgIpc) is 2.68. The van der Waals surface area contributed by atoms with Crippen molar-refractivity contribution in [3.05, 3.63) is 68.7 Å². The summed E-state index contributed by atoms with van der Waals surface area (Å²) in [6.45, 7) is 4.22. The van der Waals surface area contributed by atoms with Crippen molar-refractivity contribution < 1.29 is 14.5 Å². The Kier molecular flexibility index (Phi) is 5.93. The molecule has 1 N–H and O–H groups in total. The van der Waals surface area contributed by atoms with Crippen LogP contribution in [0, 0.1) is 10.1 Å². The van der Waals surface area contributed by atoms with E-state index in [1.165, 1.54) is 12.1 Å². The SMILES string of the molecule is C[C@@H](NC(=O)c1cc([N+](=O)[O-])ccc1N1CCOCC1)c1ccc(Cl)cc1. The predicted octanol–water partition coefficient (Wildman–Crippen LogP) is 3.58. The van der Waals surface area contributed by atoms with Gasteiger partial charge in [0.2, 0.25) is 0 Å². The van der Waals surface area contributed by atoms with E-state index in [-0.39, 0.29) is 23.2 Å². The van der Waals surface area contributed by atoms with Crippen molar-refractivity contribution in [2.24, 2.45) is 0 Å². The lowest BCUT2D eigenvalue weighted by Crippen LogP contribution is -2.38. The zero-order chi connectivity index (χ0) is 19.4. The van der Waals surface area contributed by atoms with E-state index in [1.807, 2.05) is 24.0 Å². The fourth-order valence-electron chi connectivity index (χ4n) is 3.01. The summed E-state index contributed by atoms with van der Waals surface area (Å²) < 4.78 is 5.35. The van der Waals surface area contributed by atoms with Gasteiger partial charge in [-0.1, -0.05) is 23.7 Å². The van der Waals surface area contributed by atoms with Crippen molar-refractivity contribution >= 4 is 28.9 Å². The number of ether oxygens (including phenoxy) is 1. The smallest absolute Gasteiger partial charge is 0.270 e. The van der Waals surface area contributed by atoms with Crippen LogP contribution in [0.2, 0.25) is 5.02 Å². The van der Waals surface area contributed by atoms with Gasteiger partial charge in [0, 0.05) is 30.2 Å². The Hall–Kier alpha value is -2.64. The molecule has 1 heterocycles. The molecule has 7 nitrogen and oxygen atoms in total. The van der Waals surface area contributed by atoms with Crippen LogP contribution >= 0.6 is 11.6 Å². The molecule has 0 aliphatic carbocycles. The second-order valence-electron chi connectivity index (χ2n) is 6.30. The summed E-state index contributed by atoms with van der Waals surface area (Å²) in [4.78, 5) is 25.6. The first-order valence-electron chi connectivity index (χ1n) is 8.63. The van der Waals surface area contributed by atoms with Crippen molar-refractivity contribution in [3.63, 3.8) is 0 Å². The van der Waals surface area contributed by atoms with E-state index in [0.29, 0.717) is 37.0 Å². The molecular formula is C19H20ClN3O4. The van der Waals surface area contributed by atoms with Crippen molar-refractivity contribution in [3.8, 4) is 0 Å². The molecule has 1 saturated heterocycles. The normalized spacial score (nSPS) is 15.3. The molecule has 2 aromatic rings. The molecule has 8 heteroatoms. The lowest BCUT2D eigenvalue weighted by molar-refractivity contribution is -0.384. The predicted molar refractivity (Wildman–Crippen MR) is 103 cm³/mol. The molecule has 1 fully saturated rings. The monoisotopic (exact) mass is 389 g/mol. The van der Waals surface area contributed by atoms with Crippen LogP contribution in [0.4, 0.5) is 11.4 Å². The summed E-state index contributed by atoms with van der Waals surface area (Å²) in [6.07, 6.45) is 0. The fourth-order valence-corrected chi connectivity index (χ4v) is 3.13. The number of carbonyl (C=O) groups is 1. The number of nitro benzene ring substituents is 1. The summed E-state index contributed by atoms with van der Waals surface area (Å²) >= 11 is 5.90. The van der Waals surface area contributed by atoms with Crippen LogP contribution in [0.3, 0.4) is 0 Å².